The summed E-state index contributed by atoms with van der Waals surface area (Å²) in [5, 5.41) is 2.65. The van der Waals surface area contributed by atoms with E-state index in [1.165, 1.54) is 7.11 Å². The van der Waals surface area contributed by atoms with Gasteiger partial charge in [0.25, 0.3) is 11.8 Å². The molecule has 2 aromatic rings. The van der Waals surface area contributed by atoms with Crippen LogP contribution in [0.5, 0.6) is 5.75 Å². The summed E-state index contributed by atoms with van der Waals surface area (Å²) in [7, 11) is 1.49. The standard InChI is InChI=1S/C17H13BrN2O4/c1-24-14-5-3-2-4-13(14)19-15(21)9-20-16(22)11-7-6-10(18)8-12(11)17(20)23/h2-8H,9H2,1H3,(H,19,21). The molecule has 1 N–H and O–H groups in total. The van der Waals surface area contributed by atoms with Crippen LogP contribution in [0, 0.1) is 0 Å². The van der Waals surface area contributed by atoms with Crippen LogP contribution in [0.1, 0.15) is 20.7 Å². The van der Waals surface area contributed by atoms with E-state index in [9.17, 15) is 14.4 Å². The minimum absolute atomic E-state index is 0.291. The molecular formula is C17H13BrN2O4. The van der Waals surface area contributed by atoms with E-state index in [4.69, 9.17) is 4.74 Å². The molecule has 3 rings (SSSR count). The van der Waals surface area contributed by atoms with Gasteiger partial charge < -0.3 is 10.1 Å². The predicted octanol–water partition coefficient (Wildman–Crippen LogP) is 2.69. The lowest BCUT2D eigenvalue weighted by Crippen LogP contribution is -2.37. The van der Waals surface area contributed by atoms with E-state index < -0.39 is 17.7 Å². The first-order valence-electron chi connectivity index (χ1n) is 7.10. The largest absolute Gasteiger partial charge is 0.495 e. The Hall–Kier alpha value is -2.67. The van der Waals surface area contributed by atoms with Gasteiger partial charge in [0.15, 0.2) is 0 Å². The number of ether oxygens (including phenoxy) is 1. The summed E-state index contributed by atoms with van der Waals surface area (Å²) >= 11 is 3.27. The molecule has 3 amide bonds. The van der Waals surface area contributed by atoms with Crippen molar-refractivity contribution in [1.29, 1.82) is 0 Å². The van der Waals surface area contributed by atoms with Crippen molar-refractivity contribution < 1.29 is 19.1 Å². The fourth-order valence-corrected chi connectivity index (χ4v) is 2.85. The number of amides is 3. The number of rotatable bonds is 4. The molecule has 0 bridgehead atoms. The van der Waals surface area contributed by atoms with Gasteiger partial charge in [-0.05, 0) is 30.3 Å². The lowest BCUT2D eigenvalue weighted by molar-refractivity contribution is -0.116. The average Bonchev–Trinajstić information content (AvgIpc) is 2.80. The molecule has 1 aliphatic heterocycles. The number of fused-ring (bicyclic) bond motifs is 1. The Balaban J connectivity index is 1.76. The van der Waals surface area contributed by atoms with Crippen molar-refractivity contribution in [2.75, 3.05) is 19.0 Å². The van der Waals surface area contributed by atoms with Crippen LogP contribution in [0.3, 0.4) is 0 Å². The average molecular weight is 389 g/mol. The van der Waals surface area contributed by atoms with Crippen LogP contribution in [-0.4, -0.2) is 36.3 Å². The van der Waals surface area contributed by atoms with Crippen LogP contribution >= 0.6 is 15.9 Å². The van der Waals surface area contributed by atoms with Crippen LogP contribution in [0.4, 0.5) is 5.69 Å². The molecule has 122 valence electrons. The van der Waals surface area contributed by atoms with Crippen molar-refractivity contribution >= 4 is 39.3 Å². The highest BCUT2D eigenvalue weighted by atomic mass is 79.9. The smallest absolute Gasteiger partial charge is 0.262 e. The van der Waals surface area contributed by atoms with E-state index in [0.717, 1.165) is 4.90 Å². The van der Waals surface area contributed by atoms with Crippen LogP contribution in [0.15, 0.2) is 46.9 Å². The number of halogens is 1. The Morgan fingerprint density at radius 2 is 1.83 bits per heavy atom. The number of carbonyl (C=O) groups is 3. The number of hydrogen-bond acceptors (Lipinski definition) is 4. The first-order valence-corrected chi connectivity index (χ1v) is 7.89. The molecule has 0 aromatic heterocycles. The molecule has 0 saturated carbocycles. The van der Waals surface area contributed by atoms with Crippen molar-refractivity contribution in [1.82, 2.24) is 4.90 Å². The maximum atomic E-state index is 12.3. The highest BCUT2D eigenvalue weighted by molar-refractivity contribution is 9.10. The van der Waals surface area contributed by atoms with E-state index in [2.05, 4.69) is 21.2 Å². The van der Waals surface area contributed by atoms with Crippen LogP contribution in [-0.2, 0) is 4.79 Å². The lowest BCUT2D eigenvalue weighted by Gasteiger charge is -2.14. The highest BCUT2D eigenvalue weighted by Crippen LogP contribution is 2.26. The van der Waals surface area contributed by atoms with E-state index in [1.54, 1.807) is 42.5 Å². The molecule has 0 aliphatic carbocycles. The Morgan fingerprint density at radius 1 is 1.12 bits per heavy atom. The van der Waals surface area contributed by atoms with Crippen molar-refractivity contribution in [3.8, 4) is 5.75 Å². The Morgan fingerprint density at radius 3 is 2.58 bits per heavy atom. The molecule has 0 spiro atoms. The molecule has 0 fully saturated rings. The second-order valence-electron chi connectivity index (χ2n) is 5.13. The van der Waals surface area contributed by atoms with Gasteiger partial charge in [-0.15, -0.1) is 0 Å². The number of methoxy groups -OCH3 is 1. The van der Waals surface area contributed by atoms with Crippen molar-refractivity contribution in [3.63, 3.8) is 0 Å². The van der Waals surface area contributed by atoms with E-state index in [1.807, 2.05) is 0 Å². The summed E-state index contributed by atoms with van der Waals surface area (Å²) in [6.07, 6.45) is 0. The SMILES string of the molecule is COc1ccccc1NC(=O)CN1C(=O)c2ccc(Br)cc2C1=O. The van der Waals surface area contributed by atoms with Gasteiger partial charge in [-0.2, -0.15) is 0 Å². The number of benzene rings is 2. The highest BCUT2D eigenvalue weighted by Gasteiger charge is 2.36. The van der Waals surface area contributed by atoms with Crippen molar-refractivity contribution in [3.05, 3.63) is 58.1 Å². The molecule has 0 saturated heterocycles. The Kier molecular flexibility index (Phi) is 4.35. The molecule has 6 nitrogen and oxygen atoms in total. The van der Waals surface area contributed by atoms with Crippen LogP contribution in [0.25, 0.3) is 0 Å². The summed E-state index contributed by atoms with van der Waals surface area (Å²) in [4.78, 5) is 37.8. The molecule has 2 aromatic carbocycles. The van der Waals surface area contributed by atoms with Crippen molar-refractivity contribution in [2.24, 2.45) is 0 Å². The van der Waals surface area contributed by atoms with E-state index >= 15 is 0 Å². The molecule has 7 heteroatoms. The first-order chi connectivity index (χ1) is 11.5. The van der Waals surface area contributed by atoms with E-state index in [0.29, 0.717) is 27.0 Å². The topological polar surface area (TPSA) is 75.7 Å². The number of imide groups is 1. The Bertz CT molecular complexity index is 850. The molecule has 0 radical (unpaired) electrons. The summed E-state index contributed by atoms with van der Waals surface area (Å²) in [6, 6.07) is 11.7. The molecule has 0 atom stereocenters. The number of nitrogens with one attached hydrogen (secondary N) is 1. The number of anilines is 1. The molecule has 1 heterocycles. The zero-order chi connectivity index (χ0) is 17.3. The second-order valence-corrected chi connectivity index (χ2v) is 6.05. The van der Waals surface area contributed by atoms with Gasteiger partial charge >= 0.3 is 0 Å². The third kappa shape index (κ3) is 2.90. The predicted molar refractivity (Wildman–Crippen MR) is 91.1 cm³/mol. The number of nitrogens with zero attached hydrogens (tertiary/aromatic N) is 1. The fraction of sp³-hybridized carbons (Fsp3) is 0.118. The molecular weight excluding hydrogens is 376 g/mol. The second kappa shape index (κ2) is 6.45. The normalized spacial score (nSPS) is 13.0. The maximum Gasteiger partial charge on any atom is 0.262 e. The van der Waals surface area contributed by atoms with Gasteiger partial charge in [-0.25, -0.2) is 0 Å². The number of hydrogen-bond donors (Lipinski definition) is 1. The monoisotopic (exact) mass is 388 g/mol. The Labute approximate surface area is 146 Å². The third-order valence-corrected chi connectivity index (χ3v) is 4.11. The quantitative estimate of drug-likeness (QED) is 0.816. The fourth-order valence-electron chi connectivity index (χ4n) is 2.49. The minimum atomic E-state index is -0.480. The summed E-state index contributed by atoms with van der Waals surface area (Å²) in [5.74, 6) is -0.936. The molecule has 0 unspecified atom stereocenters. The van der Waals surface area contributed by atoms with Crippen LogP contribution < -0.4 is 10.1 Å². The lowest BCUT2D eigenvalue weighted by atomic mass is 10.1. The first kappa shape index (κ1) is 16.2. The van der Waals surface area contributed by atoms with Crippen LogP contribution in [0.2, 0.25) is 0 Å². The maximum absolute atomic E-state index is 12.3. The molecule has 24 heavy (non-hydrogen) atoms. The number of para-hydroxylation sites is 2. The summed E-state index contributed by atoms with van der Waals surface area (Å²) in [5.41, 5.74) is 1.07. The van der Waals surface area contributed by atoms with Gasteiger partial charge in [0.05, 0.1) is 23.9 Å². The van der Waals surface area contributed by atoms with Crippen molar-refractivity contribution in [2.45, 2.75) is 0 Å². The molecule has 1 aliphatic rings. The zero-order valence-electron chi connectivity index (χ0n) is 12.7. The van der Waals surface area contributed by atoms with Gasteiger partial charge in [-0.3, -0.25) is 19.3 Å². The third-order valence-electron chi connectivity index (χ3n) is 3.62. The van der Waals surface area contributed by atoms with Gasteiger partial charge in [0, 0.05) is 4.47 Å². The summed E-state index contributed by atoms with van der Waals surface area (Å²) < 4.78 is 5.85. The minimum Gasteiger partial charge on any atom is -0.495 e. The van der Waals surface area contributed by atoms with Gasteiger partial charge in [0.2, 0.25) is 5.91 Å². The van der Waals surface area contributed by atoms with Gasteiger partial charge in [-0.1, -0.05) is 28.1 Å². The summed E-state index contributed by atoms with van der Waals surface area (Å²) in [6.45, 7) is -0.359. The zero-order valence-corrected chi connectivity index (χ0v) is 14.3. The number of carbonyl (C=O) groups excluding carboxylic acids is 3. The van der Waals surface area contributed by atoms with Gasteiger partial charge in [0.1, 0.15) is 12.3 Å². The van der Waals surface area contributed by atoms with E-state index in [-0.39, 0.29) is 6.54 Å².